The van der Waals surface area contributed by atoms with Gasteiger partial charge in [0.05, 0.1) is 11.8 Å². The van der Waals surface area contributed by atoms with Gasteiger partial charge in [-0.3, -0.25) is 4.68 Å². The Morgan fingerprint density at radius 1 is 1.22 bits per heavy atom. The Hall–Kier alpha value is -2.05. The Morgan fingerprint density at radius 3 is 2.33 bits per heavy atom. The van der Waals surface area contributed by atoms with Crippen molar-refractivity contribution in [1.29, 1.82) is 0 Å². The van der Waals surface area contributed by atoms with E-state index in [1.165, 1.54) is 19.3 Å². The molecule has 1 aromatic heterocycles. The summed E-state index contributed by atoms with van der Waals surface area (Å²) in [5.41, 5.74) is 0.494. The maximum atomic E-state index is 12.8. The van der Waals surface area contributed by atoms with E-state index in [9.17, 15) is 9.59 Å². The first-order valence-corrected chi connectivity index (χ1v) is 10.2. The Morgan fingerprint density at radius 2 is 1.81 bits per heavy atom. The minimum atomic E-state index is -0.512. The number of aryl methyl sites for hydroxylation is 1. The van der Waals surface area contributed by atoms with Crippen molar-refractivity contribution < 1.29 is 14.3 Å². The smallest absolute Gasteiger partial charge is 0.361 e. The van der Waals surface area contributed by atoms with Crippen LogP contribution in [-0.2, 0) is 11.3 Å². The van der Waals surface area contributed by atoms with Crippen molar-refractivity contribution in [3.8, 4) is 0 Å². The van der Waals surface area contributed by atoms with Crippen LogP contribution in [0.1, 0.15) is 69.8 Å². The van der Waals surface area contributed by atoms with Gasteiger partial charge in [0.1, 0.15) is 0 Å². The SMILES string of the molecule is CCn1cc(NC(=O)NC23CC4CC(CC(C4)C2)C3)c(C(=O)OC(C)C)n1. The standard InChI is InChI=1S/C20H30N4O3/c1-4-24-11-16(17(23-24)18(25)27-12(2)3)21-19(26)22-20-8-13-5-14(9-20)7-15(6-13)10-20/h11-15H,4-10H2,1-3H3,(H2,21,22,26). The Balaban J connectivity index is 1.47. The number of amides is 2. The molecule has 0 aromatic carbocycles. The predicted octanol–water partition coefficient (Wildman–Crippen LogP) is 3.56. The fraction of sp³-hybridized carbons (Fsp3) is 0.750. The lowest BCUT2D eigenvalue weighted by molar-refractivity contribution is -0.0127. The van der Waals surface area contributed by atoms with E-state index in [2.05, 4.69) is 15.7 Å². The van der Waals surface area contributed by atoms with Gasteiger partial charge in [0.25, 0.3) is 0 Å². The molecule has 0 atom stereocenters. The number of nitrogens with one attached hydrogen (secondary N) is 2. The Kier molecular flexibility index (Phi) is 4.64. The zero-order valence-electron chi connectivity index (χ0n) is 16.5. The van der Waals surface area contributed by atoms with Crippen molar-refractivity contribution in [3.05, 3.63) is 11.9 Å². The third-order valence-electron chi connectivity index (χ3n) is 6.29. The number of ether oxygens (including phenoxy) is 1. The molecule has 4 saturated carbocycles. The number of carbonyl (C=O) groups is 2. The first-order chi connectivity index (χ1) is 12.9. The quantitative estimate of drug-likeness (QED) is 0.772. The van der Waals surface area contributed by atoms with Crippen molar-refractivity contribution in [2.75, 3.05) is 5.32 Å². The van der Waals surface area contributed by atoms with E-state index in [-0.39, 0.29) is 23.4 Å². The van der Waals surface area contributed by atoms with Crippen molar-refractivity contribution in [2.45, 2.75) is 77.5 Å². The van der Waals surface area contributed by atoms with Gasteiger partial charge in [0.15, 0.2) is 5.69 Å². The molecule has 5 rings (SSSR count). The molecule has 0 unspecified atom stereocenters. The fourth-order valence-corrected chi connectivity index (χ4v) is 5.75. The van der Waals surface area contributed by atoms with Crippen molar-refractivity contribution >= 4 is 17.7 Å². The molecular formula is C20H30N4O3. The summed E-state index contributed by atoms with van der Waals surface area (Å²) < 4.78 is 6.90. The molecule has 4 fully saturated rings. The first kappa shape index (κ1) is 18.3. The van der Waals surface area contributed by atoms with E-state index >= 15 is 0 Å². The van der Waals surface area contributed by atoms with Crippen LogP contribution in [0.15, 0.2) is 6.20 Å². The van der Waals surface area contributed by atoms with Crippen LogP contribution in [0.5, 0.6) is 0 Å². The maximum absolute atomic E-state index is 12.8. The van der Waals surface area contributed by atoms with Gasteiger partial charge >= 0.3 is 12.0 Å². The molecular weight excluding hydrogens is 344 g/mol. The van der Waals surface area contributed by atoms with Crippen LogP contribution in [-0.4, -0.2) is 33.4 Å². The molecule has 2 N–H and O–H groups in total. The normalized spacial score (nSPS) is 31.2. The number of aromatic nitrogens is 2. The number of hydrogen-bond donors (Lipinski definition) is 2. The largest absolute Gasteiger partial charge is 0.458 e. The Bertz CT molecular complexity index is 704. The summed E-state index contributed by atoms with van der Waals surface area (Å²) in [7, 11) is 0. The summed E-state index contributed by atoms with van der Waals surface area (Å²) in [5.74, 6) is 1.77. The van der Waals surface area contributed by atoms with Gasteiger partial charge in [0.2, 0.25) is 0 Å². The monoisotopic (exact) mass is 374 g/mol. The second kappa shape index (κ2) is 6.84. The summed E-state index contributed by atoms with van der Waals surface area (Å²) in [4.78, 5) is 25.1. The summed E-state index contributed by atoms with van der Waals surface area (Å²) in [5, 5.41) is 10.4. The molecule has 7 heteroatoms. The number of nitrogens with zero attached hydrogens (tertiary/aromatic N) is 2. The van der Waals surface area contributed by atoms with E-state index in [0.29, 0.717) is 12.2 Å². The van der Waals surface area contributed by atoms with Crippen LogP contribution in [0.25, 0.3) is 0 Å². The van der Waals surface area contributed by atoms with E-state index in [1.807, 2.05) is 6.92 Å². The molecule has 0 aliphatic heterocycles. The number of esters is 1. The highest BCUT2D eigenvalue weighted by molar-refractivity contribution is 5.99. The molecule has 0 spiro atoms. The van der Waals surface area contributed by atoms with Crippen LogP contribution in [0.4, 0.5) is 10.5 Å². The fourth-order valence-electron chi connectivity index (χ4n) is 5.75. The zero-order chi connectivity index (χ0) is 19.2. The highest BCUT2D eigenvalue weighted by Crippen LogP contribution is 2.55. The lowest BCUT2D eigenvalue weighted by atomic mass is 9.53. The van der Waals surface area contributed by atoms with Gasteiger partial charge in [0, 0.05) is 18.3 Å². The van der Waals surface area contributed by atoms with Crippen LogP contribution < -0.4 is 10.6 Å². The molecule has 1 aromatic rings. The van der Waals surface area contributed by atoms with E-state index in [1.54, 1.807) is 24.7 Å². The molecule has 4 aliphatic carbocycles. The lowest BCUT2D eigenvalue weighted by Gasteiger charge is -2.56. The van der Waals surface area contributed by atoms with Gasteiger partial charge in [-0.1, -0.05) is 0 Å². The predicted molar refractivity (Wildman–Crippen MR) is 102 cm³/mol. The lowest BCUT2D eigenvalue weighted by Crippen LogP contribution is -2.60. The van der Waals surface area contributed by atoms with Crippen molar-refractivity contribution in [3.63, 3.8) is 0 Å². The Labute approximate surface area is 160 Å². The average molecular weight is 374 g/mol. The topological polar surface area (TPSA) is 85.2 Å². The molecule has 1 heterocycles. The van der Waals surface area contributed by atoms with Crippen molar-refractivity contribution in [2.24, 2.45) is 17.8 Å². The summed E-state index contributed by atoms with van der Waals surface area (Å²) in [6, 6.07) is -0.244. The summed E-state index contributed by atoms with van der Waals surface area (Å²) in [6.45, 7) is 6.13. The second-order valence-electron chi connectivity index (χ2n) is 8.98. The molecule has 27 heavy (non-hydrogen) atoms. The summed E-state index contributed by atoms with van der Waals surface area (Å²) >= 11 is 0. The molecule has 148 valence electrons. The van der Waals surface area contributed by atoms with Crippen LogP contribution in [0.2, 0.25) is 0 Å². The summed E-state index contributed by atoms with van der Waals surface area (Å²) in [6.07, 6.45) is 8.70. The minimum Gasteiger partial charge on any atom is -0.458 e. The number of anilines is 1. The minimum absolute atomic E-state index is 0.0712. The molecule has 7 nitrogen and oxygen atoms in total. The first-order valence-electron chi connectivity index (χ1n) is 10.2. The molecule has 0 radical (unpaired) electrons. The number of urea groups is 1. The highest BCUT2D eigenvalue weighted by atomic mass is 16.5. The van der Waals surface area contributed by atoms with Gasteiger partial charge < -0.3 is 15.4 Å². The molecule has 0 saturated heterocycles. The third kappa shape index (κ3) is 3.69. The average Bonchev–Trinajstić information content (AvgIpc) is 2.95. The van der Waals surface area contributed by atoms with Crippen LogP contribution in [0, 0.1) is 17.8 Å². The van der Waals surface area contributed by atoms with Gasteiger partial charge in [-0.05, 0) is 77.0 Å². The maximum Gasteiger partial charge on any atom is 0.361 e. The number of hydrogen-bond acceptors (Lipinski definition) is 4. The van der Waals surface area contributed by atoms with E-state index < -0.39 is 5.97 Å². The van der Waals surface area contributed by atoms with Crippen LogP contribution in [0.3, 0.4) is 0 Å². The van der Waals surface area contributed by atoms with E-state index in [0.717, 1.165) is 37.0 Å². The van der Waals surface area contributed by atoms with Crippen molar-refractivity contribution in [1.82, 2.24) is 15.1 Å². The van der Waals surface area contributed by atoms with E-state index in [4.69, 9.17) is 4.74 Å². The second-order valence-corrected chi connectivity index (χ2v) is 8.98. The zero-order valence-corrected chi connectivity index (χ0v) is 16.5. The molecule has 4 aliphatic rings. The van der Waals surface area contributed by atoms with Gasteiger partial charge in [-0.25, -0.2) is 9.59 Å². The third-order valence-corrected chi connectivity index (χ3v) is 6.29. The highest BCUT2D eigenvalue weighted by Gasteiger charge is 2.51. The molecule has 2 amide bonds. The van der Waals surface area contributed by atoms with Gasteiger partial charge in [-0.15, -0.1) is 0 Å². The van der Waals surface area contributed by atoms with Crippen LogP contribution >= 0.6 is 0 Å². The number of carbonyl (C=O) groups excluding carboxylic acids is 2. The number of rotatable bonds is 5. The van der Waals surface area contributed by atoms with Gasteiger partial charge in [-0.2, -0.15) is 5.10 Å². The molecule has 4 bridgehead atoms.